The van der Waals surface area contributed by atoms with Gasteiger partial charge < -0.3 is 20.4 Å². The second kappa shape index (κ2) is 8.58. The molecule has 0 bridgehead atoms. The predicted octanol–water partition coefficient (Wildman–Crippen LogP) is -0.0415. The molecule has 0 aliphatic rings. The highest BCUT2D eigenvalue weighted by Gasteiger charge is 2.25. The molecule has 0 aromatic carbocycles. The molecule has 0 saturated carbocycles. The van der Waals surface area contributed by atoms with E-state index in [9.17, 15) is 10.2 Å². The predicted molar refractivity (Wildman–Crippen MR) is 67.2 cm³/mol. The van der Waals surface area contributed by atoms with Crippen LogP contribution in [-0.4, -0.2) is 57.6 Å². The molecule has 0 saturated heterocycles. The smallest absolute Gasteiger partial charge is 0.122 e. The molecule has 0 aliphatic carbocycles. The van der Waals surface area contributed by atoms with Crippen LogP contribution in [0.1, 0.15) is 33.6 Å². The summed E-state index contributed by atoms with van der Waals surface area (Å²) in [5.41, 5.74) is 0.130. The molecule has 0 aromatic heterocycles. The number of hydrogen-bond acceptors (Lipinski definition) is 5. The Morgan fingerprint density at radius 2 is 1.65 bits per heavy atom. The van der Waals surface area contributed by atoms with Gasteiger partial charge in [0.1, 0.15) is 12.2 Å². The summed E-state index contributed by atoms with van der Waals surface area (Å²) in [4.78, 5) is 4.13. The minimum Gasteiger partial charge on any atom is -0.391 e. The molecular formula is C12H25NO4. The van der Waals surface area contributed by atoms with E-state index in [1.54, 1.807) is 0 Å². The number of aliphatic imine (C=N–C) groups is 1. The van der Waals surface area contributed by atoms with E-state index in [0.717, 1.165) is 12.8 Å². The average molecular weight is 247 g/mol. The van der Waals surface area contributed by atoms with Crippen molar-refractivity contribution in [1.82, 2.24) is 0 Å². The zero-order valence-corrected chi connectivity index (χ0v) is 10.9. The molecule has 5 nitrogen and oxygen atoms in total. The van der Waals surface area contributed by atoms with E-state index in [4.69, 9.17) is 10.2 Å². The van der Waals surface area contributed by atoms with Gasteiger partial charge in [-0.05, 0) is 12.8 Å². The Balaban J connectivity index is 4.54. The van der Waals surface area contributed by atoms with Gasteiger partial charge in [0.15, 0.2) is 0 Å². The van der Waals surface area contributed by atoms with Gasteiger partial charge in [-0.15, -0.1) is 0 Å². The molecule has 0 aliphatic heterocycles. The summed E-state index contributed by atoms with van der Waals surface area (Å²) in [6, 6.07) is 0. The van der Waals surface area contributed by atoms with Crippen molar-refractivity contribution in [1.29, 1.82) is 0 Å². The summed E-state index contributed by atoms with van der Waals surface area (Å²) < 4.78 is 0. The van der Waals surface area contributed by atoms with Crippen LogP contribution in [0.15, 0.2) is 4.99 Å². The van der Waals surface area contributed by atoms with Gasteiger partial charge in [0, 0.05) is 6.54 Å². The van der Waals surface area contributed by atoms with E-state index >= 15 is 0 Å². The molecule has 0 spiro atoms. The van der Waals surface area contributed by atoms with Crippen molar-refractivity contribution in [3.8, 4) is 0 Å². The molecule has 0 amide bonds. The quantitative estimate of drug-likeness (QED) is 0.453. The second-order valence-electron chi connectivity index (χ2n) is 4.35. The maximum absolute atomic E-state index is 9.71. The normalized spacial score (nSPS) is 18.2. The molecule has 17 heavy (non-hydrogen) atoms. The van der Waals surface area contributed by atoms with Crippen molar-refractivity contribution in [2.45, 2.75) is 51.9 Å². The van der Waals surface area contributed by atoms with Gasteiger partial charge in [-0.1, -0.05) is 26.7 Å². The van der Waals surface area contributed by atoms with Gasteiger partial charge in [0.05, 0.1) is 18.4 Å². The highest BCUT2D eigenvalue weighted by Crippen LogP contribution is 2.09. The maximum atomic E-state index is 9.71. The number of hydrogen-bond donors (Lipinski definition) is 4. The van der Waals surface area contributed by atoms with Crippen LogP contribution in [0.25, 0.3) is 0 Å². The fourth-order valence-corrected chi connectivity index (χ4v) is 1.49. The molecule has 5 heteroatoms. The summed E-state index contributed by atoms with van der Waals surface area (Å²) in [5, 5.41) is 37.5. The van der Waals surface area contributed by atoms with Gasteiger partial charge in [0.2, 0.25) is 0 Å². The largest absolute Gasteiger partial charge is 0.391 e. The summed E-state index contributed by atoms with van der Waals surface area (Å²) in [6.45, 7) is 5.61. The van der Waals surface area contributed by atoms with Crippen LogP contribution < -0.4 is 0 Å². The summed E-state index contributed by atoms with van der Waals surface area (Å²) >= 11 is 0. The van der Waals surface area contributed by atoms with Crippen molar-refractivity contribution < 1.29 is 20.4 Å². The first-order chi connectivity index (χ1) is 7.97. The molecule has 102 valence electrons. The molecule has 3 atom stereocenters. The number of aliphatic hydroxyl groups is 4. The Labute approximate surface area is 103 Å². The molecule has 0 heterocycles. The average Bonchev–Trinajstić information content (AvgIpc) is 2.33. The Hall–Kier alpha value is -0.490. The fraction of sp³-hybridized carbons (Fsp3) is 0.917. The number of aliphatic hydroxyl groups excluding tert-OH is 4. The molecular weight excluding hydrogens is 222 g/mol. The number of rotatable bonds is 8. The Morgan fingerprint density at radius 3 is 2.00 bits per heavy atom. The van der Waals surface area contributed by atoms with Crippen LogP contribution in [0.5, 0.6) is 0 Å². The third-order valence-electron chi connectivity index (χ3n) is 3.03. The Bertz CT molecular complexity index is 227. The lowest BCUT2D eigenvalue weighted by Crippen LogP contribution is -2.42. The van der Waals surface area contributed by atoms with E-state index in [2.05, 4.69) is 18.8 Å². The first-order valence-corrected chi connectivity index (χ1v) is 6.16. The van der Waals surface area contributed by atoms with E-state index in [-0.39, 0.29) is 5.71 Å². The lowest BCUT2D eigenvalue weighted by Gasteiger charge is -2.21. The molecule has 0 fully saturated rings. The third kappa shape index (κ3) is 5.59. The van der Waals surface area contributed by atoms with Crippen LogP contribution in [-0.2, 0) is 0 Å². The van der Waals surface area contributed by atoms with Crippen molar-refractivity contribution in [2.75, 3.05) is 13.2 Å². The lowest BCUT2D eigenvalue weighted by atomic mass is 10.0. The van der Waals surface area contributed by atoms with Gasteiger partial charge in [-0.3, -0.25) is 4.99 Å². The molecule has 0 radical (unpaired) electrons. The Kier molecular flexibility index (Phi) is 8.33. The number of nitrogens with zero attached hydrogens (tertiary/aromatic N) is 1. The standard InChI is InChI=1S/C12H25NO4/c1-4-9(5-2)6-13-10(7-14)12(17)11(16)8(3)15/h8-9,11-12,14-17H,4-7H2,1-3H3/t8-,11+,12+/m0/s1. The zero-order valence-electron chi connectivity index (χ0n) is 10.9. The minimum atomic E-state index is -1.32. The highest BCUT2D eigenvalue weighted by molar-refractivity contribution is 5.90. The van der Waals surface area contributed by atoms with E-state index < -0.39 is 24.9 Å². The first-order valence-electron chi connectivity index (χ1n) is 6.16. The topological polar surface area (TPSA) is 93.3 Å². The monoisotopic (exact) mass is 247 g/mol. The van der Waals surface area contributed by atoms with Crippen molar-refractivity contribution in [3.63, 3.8) is 0 Å². The zero-order chi connectivity index (χ0) is 13.4. The molecule has 0 rings (SSSR count). The SMILES string of the molecule is CCC(CC)CN=C(CO)[C@@H](O)[C@H](O)[C@H](C)O. The van der Waals surface area contributed by atoms with Gasteiger partial charge in [-0.2, -0.15) is 0 Å². The van der Waals surface area contributed by atoms with E-state index in [0.29, 0.717) is 12.5 Å². The maximum Gasteiger partial charge on any atom is 0.122 e. The van der Waals surface area contributed by atoms with Crippen LogP contribution >= 0.6 is 0 Å². The highest BCUT2D eigenvalue weighted by atomic mass is 16.4. The van der Waals surface area contributed by atoms with Crippen LogP contribution in [0.4, 0.5) is 0 Å². The van der Waals surface area contributed by atoms with Crippen molar-refractivity contribution in [2.24, 2.45) is 10.9 Å². The molecule has 4 N–H and O–H groups in total. The Morgan fingerprint density at radius 1 is 1.12 bits per heavy atom. The van der Waals surface area contributed by atoms with Crippen molar-refractivity contribution >= 4 is 5.71 Å². The van der Waals surface area contributed by atoms with Crippen molar-refractivity contribution in [3.05, 3.63) is 0 Å². The summed E-state index contributed by atoms with van der Waals surface area (Å²) in [5.74, 6) is 0.410. The van der Waals surface area contributed by atoms with Gasteiger partial charge in [0.25, 0.3) is 0 Å². The molecule has 0 aromatic rings. The van der Waals surface area contributed by atoms with E-state index in [1.807, 2.05) is 0 Å². The van der Waals surface area contributed by atoms with Gasteiger partial charge in [-0.25, -0.2) is 0 Å². The third-order valence-corrected chi connectivity index (χ3v) is 3.03. The fourth-order valence-electron chi connectivity index (χ4n) is 1.49. The molecule has 0 unspecified atom stereocenters. The van der Waals surface area contributed by atoms with Crippen LogP contribution in [0, 0.1) is 5.92 Å². The van der Waals surface area contributed by atoms with Crippen LogP contribution in [0.3, 0.4) is 0 Å². The summed E-state index contributed by atoms with van der Waals surface area (Å²) in [7, 11) is 0. The lowest BCUT2D eigenvalue weighted by molar-refractivity contribution is -0.0271. The van der Waals surface area contributed by atoms with E-state index in [1.165, 1.54) is 6.92 Å². The first kappa shape index (κ1) is 16.5. The van der Waals surface area contributed by atoms with Gasteiger partial charge >= 0.3 is 0 Å². The minimum absolute atomic E-state index is 0.130. The summed E-state index contributed by atoms with van der Waals surface area (Å²) in [6.07, 6.45) is -1.73. The van der Waals surface area contributed by atoms with Crippen LogP contribution in [0.2, 0.25) is 0 Å². The second-order valence-corrected chi connectivity index (χ2v) is 4.35.